The Bertz CT molecular complexity index is 811. The largest absolute Gasteiger partial charge is 0.495 e. The van der Waals surface area contributed by atoms with E-state index in [-0.39, 0.29) is 4.90 Å². The van der Waals surface area contributed by atoms with Crippen molar-refractivity contribution in [3.8, 4) is 5.75 Å². The number of aryl methyl sites for hydroxylation is 2. The molecule has 0 unspecified atom stereocenters. The van der Waals surface area contributed by atoms with Crippen molar-refractivity contribution in [3.05, 3.63) is 41.5 Å². The molecule has 0 N–H and O–H groups in total. The minimum atomic E-state index is -3.60. The predicted molar refractivity (Wildman–Crippen MR) is 82.2 cm³/mol. The third-order valence-electron chi connectivity index (χ3n) is 4.01. The van der Waals surface area contributed by atoms with E-state index in [2.05, 4.69) is 4.98 Å². The molecule has 0 radical (unpaired) electrons. The fourth-order valence-corrected chi connectivity index (χ4v) is 4.36. The summed E-state index contributed by atoms with van der Waals surface area (Å²) in [6.45, 7) is 2.64. The Morgan fingerprint density at radius 1 is 1.32 bits per heavy atom. The first kappa shape index (κ1) is 15.1. The van der Waals surface area contributed by atoms with Gasteiger partial charge in [0, 0.05) is 20.0 Å². The van der Waals surface area contributed by atoms with Gasteiger partial charge in [-0.25, -0.2) is 13.4 Å². The van der Waals surface area contributed by atoms with Crippen LogP contribution < -0.4 is 4.74 Å². The normalized spacial score (nSPS) is 15.6. The molecule has 0 spiro atoms. The number of methoxy groups -OCH3 is 1. The van der Waals surface area contributed by atoms with Crippen LogP contribution in [0.5, 0.6) is 5.75 Å². The molecular weight excluding hydrogens is 302 g/mol. The van der Waals surface area contributed by atoms with E-state index in [0.717, 1.165) is 17.0 Å². The van der Waals surface area contributed by atoms with E-state index in [0.29, 0.717) is 25.3 Å². The highest BCUT2D eigenvalue weighted by Crippen LogP contribution is 2.30. The first-order valence-electron chi connectivity index (χ1n) is 7.07. The first-order valence-corrected chi connectivity index (χ1v) is 8.51. The molecule has 0 saturated heterocycles. The van der Waals surface area contributed by atoms with Gasteiger partial charge in [-0.15, -0.1) is 0 Å². The quantitative estimate of drug-likeness (QED) is 0.859. The Hall–Kier alpha value is -1.86. The number of sulfonamides is 1. The lowest BCUT2D eigenvalue weighted by molar-refractivity contribution is 0.370. The average molecular weight is 321 g/mol. The summed E-state index contributed by atoms with van der Waals surface area (Å²) >= 11 is 0. The summed E-state index contributed by atoms with van der Waals surface area (Å²) in [6.07, 6.45) is 2.36. The van der Waals surface area contributed by atoms with Crippen LogP contribution in [0, 0.1) is 6.92 Å². The van der Waals surface area contributed by atoms with Crippen LogP contribution in [0.25, 0.3) is 0 Å². The number of fused-ring (bicyclic) bond motifs is 1. The minimum absolute atomic E-state index is 0.223. The van der Waals surface area contributed by atoms with Crippen LogP contribution in [0.4, 0.5) is 0 Å². The van der Waals surface area contributed by atoms with Crippen molar-refractivity contribution < 1.29 is 13.2 Å². The van der Waals surface area contributed by atoms with Crippen molar-refractivity contribution in [2.24, 2.45) is 7.05 Å². The molecule has 0 bridgehead atoms. The maximum Gasteiger partial charge on any atom is 0.247 e. The maximum absolute atomic E-state index is 13.0. The Balaban J connectivity index is 2.01. The van der Waals surface area contributed by atoms with Crippen LogP contribution in [-0.4, -0.2) is 35.9 Å². The van der Waals surface area contributed by atoms with Crippen LogP contribution in [0.1, 0.15) is 17.0 Å². The second-order valence-corrected chi connectivity index (χ2v) is 7.40. The fraction of sp³-hybridized carbons (Fsp3) is 0.400. The molecule has 2 aromatic rings. The summed E-state index contributed by atoms with van der Waals surface area (Å²) in [5.41, 5.74) is 2.81. The van der Waals surface area contributed by atoms with Gasteiger partial charge in [0.15, 0.2) is 0 Å². The molecule has 6 nitrogen and oxygen atoms in total. The lowest BCUT2D eigenvalue weighted by Crippen LogP contribution is -2.36. The number of benzene rings is 1. The van der Waals surface area contributed by atoms with Crippen LogP contribution in [-0.2, 0) is 30.0 Å². The maximum atomic E-state index is 13.0. The smallest absolute Gasteiger partial charge is 0.247 e. The van der Waals surface area contributed by atoms with E-state index in [1.807, 2.05) is 24.6 Å². The molecule has 118 valence electrons. The van der Waals surface area contributed by atoms with Gasteiger partial charge in [-0.3, -0.25) is 0 Å². The third kappa shape index (κ3) is 2.40. The molecule has 1 aromatic heterocycles. The molecule has 0 amide bonds. The van der Waals surface area contributed by atoms with Crippen molar-refractivity contribution in [2.45, 2.75) is 24.8 Å². The fourth-order valence-electron chi connectivity index (χ4n) is 2.72. The van der Waals surface area contributed by atoms with Gasteiger partial charge in [0.25, 0.3) is 0 Å². The molecule has 0 atom stereocenters. The zero-order valence-electron chi connectivity index (χ0n) is 12.9. The Labute approximate surface area is 130 Å². The number of ether oxygens (including phenoxy) is 1. The zero-order chi connectivity index (χ0) is 15.9. The molecular formula is C15H19N3O3S. The lowest BCUT2D eigenvalue weighted by Gasteiger charge is -2.27. The van der Waals surface area contributed by atoms with Crippen molar-refractivity contribution in [3.63, 3.8) is 0 Å². The Morgan fingerprint density at radius 3 is 2.82 bits per heavy atom. The highest BCUT2D eigenvalue weighted by molar-refractivity contribution is 7.89. The van der Waals surface area contributed by atoms with Gasteiger partial charge >= 0.3 is 0 Å². The molecule has 2 heterocycles. The standard InChI is InChI=1S/C15H19N3O3S/c1-11-4-5-14(21-3)15(8-11)22(19,20)18-7-6-12-13(9-18)17(2)10-16-12/h4-5,8,10H,6-7,9H2,1-3H3. The zero-order valence-corrected chi connectivity index (χ0v) is 13.7. The minimum Gasteiger partial charge on any atom is -0.495 e. The monoisotopic (exact) mass is 321 g/mol. The topological polar surface area (TPSA) is 64.4 Å². The van der Waals surface area contributed by atoms with Crippen molar-refractivity contribution in [2.75, 3.05) is 13.7 Å². The Morgan fingerprint density at radius 2 is 2.09 bits per heavy atom. The van der Waals surface area contributed by atoms with Crippen molar-refractivity contribution in [1.82, 2.24) is 13.9 Å². The average Bonchev–Trinajstić information content (AvgIpc) is 2.88. The van der Waals surface area contributed by atoms with Crippen LogP contribution in [0.15, 0.2) is 29.4 Å². The third-order valence-corrected chi connectivity index (χ3v) is 5.87. The number of nitrogens with zero attached hydrogens (tertiary/aromatic N) is 3. The van der Waals surface area contributed by atoms with Gasteiger partial charge in [0.05, 0.1) is 31.4 Å². The van der Waals surface area contributed by atoms with Crippen molar-refractivity contribution >= 4 is 10.0 Å². The van der Waals surface area contributed by atoms with E-state index >= 15 is 0 Å². The second kappa shape index (κ2) is 5.40. The number of hydrogen-bond acceptors (Lipinski definition) is 4. The summed E-state index contributed by atoms with van der Waals surface area (Å²) in [5.74, 6) is 0.376. The number of imidazole rings is 1. The summed E-state index contributed by atoms with van der Waals surface area (Å²) in [5, 5.41) is 0. The summed E-state index contributed by atoms with van der Waals surface area (Å²) in [7, 11) is -0.228. The summed E-state index contributed by atoms with van der Waals surface area (Å²) in [4.78, 5) is 4.53. The van der Waals surface area contributed by atoms with E-state index in [1.54, 1.807) is 18.5 Å². The highest BCUT2D eigenvalue weighted by atomic mass is 32.2. The van der Waals surface area contributed by atoms with Gasteiger partial charge < -0.3 is 9.30 Å². The van der Waals surface area contributed by atoms with Crippen LogP contribution in [0.2, 0.25) is 0 Å². The van der Waals surface area contributed by atoms with Crippen LogP contribution in [0.3, 0.4) is 0 Å². The highest BCUT2D eigenvalue weighted by Gasteiger charge is 2.32. The first-order chi connectivity index (χ1) is 10.4. The van der Waals surface area contributed by atoms with E-state index < -0.39 is 10.0 Å². The van der Waals surface area contributed by atoms with Crippen LogP contribution >= 0.6 is 0 Å². The molecule has 3 rings (SSSR count). The van der Waals surface area contributed by atoms with Gasteiger partial charge in [0.1, 0.15) is 10.6 Å². The Kier molecular flexibility index (Phi) is 3.70. The molecule has 1 aliphatic rings. The van der Waals surface area contributed by atoms with Gasteiger partial charge in [-0.1, -0.05) is 6.07 Å². The number of rotatable bonds is 3. The second-order valence-electron chi connectivity index (χ2n) is 5.49. The van der Waals surface area contributed by atoms with Gasteiger partial charge in [-0.2, -0.15) is 4.31 Å². The van der Waals surface area contributed by atoms with Crippen molar-refractivity contribution in [1.29, 1.82) is 0 Å². The van der Waals surface area contributed by atoms with E-state index in [4.69, 9.17) is 4.74 Å². The molecule has 0 saturated carbocycles. The van der Waals surface area contributed by atoms with E-state index in [9.17, 15) is 8.42 Å². The lowest BCUT2D eigenvalue weighted by atomic mass is 10.2. The number of hydrogen-bond donors (Lipinski definition) is 0. The van der Waals surface area contributed by atoms with Gasteiger partial charge in [0.2, 0.25) is 10.0 Å². The molecule has 7 heteroatoms. The summed E-state index contributed by atoms with van der Waals surface area (Å²) in [6, 6.07) is 5.20. The SMILES string of the molecule is COc1ccc(C)cc1S(=O)(=O)N1CCc2ncn(C)c2C1. The summed E-state index contributed by atoms with van der Waals surface area (Å²) < 4.78 is 34.6. The molecule has 22 heavy (non-hydrogen) atoms. The molecule has 1 aromatic carbocycles. The molecule has 1 aliphatic heterocycles. The number of aromatic nitrogens is 2. The van der Waals surface area contributed by atoms with E-state index in [1.165, 1.54) is 11.4 Å². The molecule has 0 aliphatic carbocycles. The van der Waals surface area contributed by atoms with Gasteiger partial charge in [-0.05, 0) is 24.6 Å². The molecule has 0 fully saturated rings. The predicted octanol–water partition coefficient (Wildman–Crippen LogP) is 1.48.